The molecule has 12 heterocycles. The number of rotatable bonds is 14. The van der Waals surface area contributed by atoms with Gasteiger partial charge in [-0.05, 0) is 167 Å². The van der Waals surface area contributed by atoms with Crippen LogP contribution in [0.1, 0.15) is 76.5 Å². The van der Waals surface area contributed by atoms with Crippen LogP contribution in [0.15, 0.2) is 347 Å². The van der Waals surface area contributed by atoms with E-state index in [2.05, 4.69) is 353 Å². The number of pyridine rings is 1. The van der Waals surface area contributed by atoms with Crippen molar-refractivity contribution in [1.29, 1.82) is 0 Å². The van der Waals surface area contributed by atoms with E-state index in [9.17, 15) is 0 Å². The van der Waals surface area contributed by atoms with Crippen LogP contribution in [0, 0.1) is 0 Å². The van der Waals surface area contributed by atoms with Gasteiger partial charge in [0.15, 0.2) is 12.4 Å². The maximum Gasteiger partial charge on any atom is 0.169 e. The van der Waals surface area contributed by atoms with Crippen molar-refractivity contribution in [2.24, 2.45) is 15.0 Å². The molecule has 10 heteroatoms. The fourth-order valence-electron chi connectivity index (χ4n) is 14.9. The molecule has 0 spiro atoms. The smallest absolute Gasteiger partial charge is 0.169 e. The topological polar surface area (TPSA) is 117 Å². The highest BCUT2D eigenvalue weighted by Crippen LogP contribution is 2.42. The second-order valence-corrected chi connectivity index (χ2v) is 26.2. The van der Waals surface area contributed by atoms with Crippen LogP contribution in [0.3, 0.4) is 0 Å². The average molecular weight is 1310 g/mol. The van der Waals surface area contributed by atoms with Gasteiger partial charge < -0.3 is 19.9 Å². The highest BCUT2D eigenvalue weighted by Gasteiger charge is 2.28. The van der Waals surface area contributed by atoms with Crippen LogP contribution >= 0.6 is 0 Å². The molecule has 0 saturated carbocycles. The van der Waals surface area contributed by atoms with E-state index < -0.39 is 0 Å². The maximum atomic E-state index is 5.53. The lowest BCUT2D eigenvalue weighted by atomic mass is 9.97. The summed E-state index contributed by atoms with van der Waals surface area (Å²) in [6, 6.07) is 81.0. The van der Waals surface area contributed by atoms with Crippen molar-refractivity contribution in [1.82, 2.24) is 29.8 Å². The van der Waals surface area contributed by atoms with Crippen molar-refractivity contribution in [3.05, 3.63) is 383 Å². The van der Waals surface area contributed by atoms with Crippen LogP contribution in [0.4, 0.5) is 0 Å². The molecule has 0 aliphatic carbocycles. The summed E-state index contributed by atoms with van der Waals surface area (Å²) >= 11 is 0. The van der Waals surface area contributed by atoms with Gasteiger partial charge in [0.1, 0.15) is 6.54 Å². The lowest BCUT2D eigenvalue weighted by Crippen LogP contribution is -2.32. The monoisotopic (exact) mass is 1310 g/mol. The molecule has 18 rings (SSSR count). The Morgan fingerprint density at radius 3 is 1.10 bits per heavy atom. The normalized spacial score (nSPS) is 15.0. The number of nitrogens with one attached hydrogen (secondary N) is 3. The van der Waals surface area contributed by atoms with Crippen LogP contribution < -0.4 is 4.57 Å². The summed E-state index contributed by atoms with van der Waals surface area (Å²) in [5.41, 5.74) is 31.2. The molecule has 16 bridgehead atoms. The molecule has 7 aliphatic heterocycles. The van der Waals surface area contributed by atoms with Gasteiger partial charge in [-0.1, -0.05) is 188 Å². The zero-order chi connectivity index (χ0) is 67.7. The molecule has 0 saturated heterocycles. The van der Waals surface area contributed by atoms with Crippen LogP contribution in [0.2, 0.25) is 0 Å². The minimum Gasteiger partial charge on any atom is -0.354 e. The van der Waals surface area contributed by atoms with Crippen molar-refractivity contribution in [3.63, 3.8) is 0 Å². The minimum absolute atomic E-state index is 0.849. The third kappa shape index (κ3) is 11.9. The van der Waals surface area contributed by atoms with Gasteiger partial charge in [0.25, 0.3) is 0 Å². The highest BCUT2D eigenvalue weighted by molar-refractivity contribution is 6.36. The molecular weight excluding hydrogens is 1250 g/mol. The molecule has 10 nitrogen and oxygen atoms in total. The maximum absolute atomic E-state index is 5.53. The number of nitrogens with zero attached hydrogens (tertiary/aromatic N) is 7. The standard InChI is InChI=1S/C92H68N10/c1(21-55-101-57-51-67(52-58-101)91-81-47-43-77(97-81)87(63-27-13-5-14-28-63)73-39-35-69(93-73)85(61-23-9-3-10-24-61)70-36-40-74(94-70)88(64-29-15-6-16-30-64)78-44-48-82(91)98-78)2-22-56-102-59-53-68(54-60-102)92-83-49-45-79(99-83)89(65-31-17-7-18-32-65)75-41-37-71(95-75)86(62-25-11-4-12-26-62)72-38-42-76(96-72)90(66-33-19-8-20-34-66)80-46-50-84(92)100-80/h3-20,23-54,57-60H,1-2,21-22,55-56H2,(H2,93,94,95,96,97,98,99,100)/p+1. The van der Waals surface area contributed by atoms with Gasteiger partial charge in [-0.15, -0.1) is 0 Å². The highest BCUT2D eigenvalue weighted by atomic mass is 15.1. The van der Waals surface area contributed by atoms with Gasteiger partial charge in [0, 0.05) is 115 Å². The first kappa shape index (κ1) is 61.2. The molecule has 102 heavy (non-hydrogen) atoms. The van der Waals surface area contributed by atoms with E-state index in [1.54, 1.807) is 0 Å². The van der Waals surface area contributed by atoms with Gasteiger partial charge >= 0.3 is 0 Å². The van der Waals surface area contributed by atoms with Gasteiger partial charge in [0.2, 0.25) is 0 Å². The number of hydrogen-bond donors (Lipinski definition) is 3. The predicted octanol–water partition coefficient (Wildman–Crippen LogP) is 20.8. The summed E-state index contributed by atoms with van der Waals surface area (Å²) in [6.07, 6.45) is 39.1. The van der Waals surface area contributed by atoms with Crippen molar-refractivity contribution in [2.75, 3.05) is 6.54 Å². The van der Waals surface area contributed by atoms with Crippen molar-refractivity contribution >= 4 is 80.2 Å². The number of aliphatic imine (C=N–C) groups is 3. The number of H-pyrrole nitrogens is 3. The second kappa shape index (κ2) is 26.9. The molecule has 486 valence electrons. The largest absolute Gasteiger partial charge is 0.354 e. The van der Waals surface area contributed by atoms with Gasteiger partial charge in [-0.25, -0.2) is 29.5 Å². The molecule has 0 atom stereocenters. The van der Waals surface area contributed by atoms with Crippen molar-refractivity contribution in [3.8, 4) is 44.5 Å². The first-order valence-electron chi connectivity index (χ1n) is 35.1. The first-order chi connectivity index (χ1) is 50.5. The number of aryl methyl sites for hydroxylation is 1. The molecule has 0 unspecified atom stereocenters. The predicted molar refractivity (Wildman–Crippen MR) is 420 cm³/mol. The lowest BCUT2D eigenvalue weighted by molar-refractivity contribution is -0.697. The average Bonchev–Trinajstić information content (AvgIpc) is 1.58. The molecule has 5 aromatic heterocycles. The van der Waals surface area contributed by atoms with E-state index in [1.165, 1.54) is 0 Å². The molecule has 3 N–H and O–H groups in total. The quantitative estimate of drug-likeness (QED) is 0.0743. The van der Waals surface area contributed by atoms with Gasteiger partial charge in [0.05, 0.1) is 57.0 Å². The summed E-state index contributed by atoms with van der Waals surface area (Å²) in [6.45, 7) is 1.83. The fraction of sp³-hybridized carbons (Fsp3) is 0.0652. The molecule has 0 fully saturated rings. The van der Waals surface area contributed by atoms with Crippen molar-refractivity contribution < 1.29 is 4.57 Å². The Morgan fingerprint density at radius 2 is 0.647 bits per heavy atom. The zero-order valence-electron chi connectivity index (χ0n) is 56.1. The van der Waals surface area contributed by atoms with Gasteiger partial charge in [-0.3, -0.25) is 0 Å². The Labute approximate surface area is 592 Å². The van der Waals surface area contributed by atoms with Gasteiger partial charge in [-0.2, -0.15) is 0 Å². The van der Waals surface area contributed by atoms with E-state index in [1.807, 2.05) is 0 Å². The van der Waals surface area contributed by atoms with Crippen molar-refractivity contribution in [2.45, 2.75) is 32.2 Å². The van der Waals surface area contributed by atoms with E-state index in [-0.39, 0.29) is 0 Å². The van der Waals surface area contributed by atoms with Crippen LogP contribution in [-0.2, 0) is 6.54 Å². The fourth-order valence-corrected chi connectivity index (χ4v) is 14.9. The summed E-state index contributed by atoms with van der Waals surface area (Å²) in [5.74, 6) is 0. The molecule has 7 aliphatic rings. The number of aromatic nitrogens is 6. The van der Waals surface area contributed by atoms with Crippen LogP contribution in [0.25, 0.3) is 108 Å². The molecular formula is C92H69N10+. The summed E-state index contributed by atoms with van der Waals surface area (Å²) < 4.78 is 2.32. The number of aromatic amines is 3. The lowest BCUT2D eigenvalue weighted by Gasteiger charge is -2.20. The van der Waals surface area contributed by atoms with Crippen LogP contribution in [-0.4, -0.2) is 53.5 Å². The number of unbranched alkanes of at least 4 members (excludes halogenated alkanes) is 3. The SMILES string of the molecule is C1=CC2=C(c3ccccc3)C3=NC(=C(c4ccccc4)c4ccc([nH]4)C(c4ccccc4)=C4C=CC(=N4)C(=C4C=CN(CCCCCC[n+]5ccc(-c6c7ccc([nH]7)c(-c7ccccc7)c7nc(c(-c8ccccc8)c8nc(c(-c9ccccc9)c9ccc6[nH]9)C=C8)C=C7)cc5)C=C4)C1=N2)C=C3. The minimum atomic E-state index is 0.849. The Balaban J connectivity index is 0.621. The number of hydrogen-bond acceptors (Lipinski definition) is 6. The summed E-state index contributed by atoms with van der Waals surface area (Å²) in [7, 11) is 0. The Bertz CT molecular complexity index is 5650. The first-order valence-corrected chi connectivity index (χ1v) is 35.1. The second-order valence-electron chi connectivity index (χ2n) is 26.2. The van der Waals surface area contributed by atoms with E-state index in [4.69, 9.17) is 24.9 Å². The Hall–Kier alpha value is -13.2. The van der Waals surface area contributed by atoms with Crippen LogP contribution in [0.5, 0.6) is 0 Å². The number of fused-ring (bicyclic) bond motifs is 13. The summed E-state index contributed by atoms with van der Waals surface area (Å²) in [4.78, 5) is 41.4. The number of benzene rings is 6. The number of allylic oxidation sites excluding steroid dienone is 11. The zero-order valence-corrected chi connectivity index (χ0v) is 56.1. The summed E-state index contributed by atoms with van der Waals surface area (Å²) in [5, 5.41) is 0. The molecule has 0 radical (unpaired) electrons. The molecule has 0 amide bonds. The van der Waals surface area contributed by atoms with E-state index in [0.29, 0.717) is 0 Å². The third-order valence-electron chi connectivity index (χ3n) is 19.8. The van der Waals surface area contributed by atoms with E-state index >= 15 is 0 Å². The van der Waals surface area contributed by atoms with E-state index in [0.717, 1.165) is 218 Å². The molecule has 6 aromatic carbocycles. The Morgan fingerprint density at radius 1 is 0.284 bits per heavy atom. The Kier molecular flexibility index (Phi) is 16.1. The third-order valence-corrected chi connectivity index (χ3v) is 19.8. The molecule has 11 aromatic rings.